The van der Waals surface area contributed by atoms with Crippen LogP contribution in [0.5, 0.6) is 0 Å². The van der Waals surface area contributed by atoms with Crippen LogP contribution < -0.4 is 10.6 Å². The van der Waals surface area contributed by atoms with Crippen molar-refractivity contribution in [3.63, 3.8) is 0 Å². The molecule has 0 saturated heterocycles. The fourth-order valence-corrected chi connectivity index (χ4v) is 3.27. The molecule has 0 saturated carbocycles. The second-order valence-corrected chi connectivity index (χ2v) is 7.01. The van der Waals surface area contributed by atoms with Gasteiger partial charge in [-0.1, -0.05) is 47.6 Å². The van der Waals surface area contributed by atoms with Gasteiger partial charge >= 0.3 is 12.2 Å². The molecule has 3 amide bonds. The van der Waals surface area contributed by atoms with E-state index < -0.39 is 34.6 Å². The molecule has 0 fully saturated rings. The number of aromatic nitrogens is 2. The first kappa shape index (κ1) is 20.9. The number of carbonyl (C=O) groups excluding carboxylic acids is 2. The number of urea groups is 1. The molecule has 0 aliphatic heterocycles. The number of thioether (sulfide) groups is 1. The minimum absolute atomic E-state index is 0.0905. The number of para-hydroxylation sites is 3. The highest BCUT2D eigenvalue weighted by atomic mass is 35.5. The van der Waals surface area contributed by atoms with Crippen molar-refractivity contribution in [3.8, 4) is 0 Å². The molecule has 150 valence electrons. The molecule has 0 spiro atoms. The predicted molar refractivity (Wildman–Crippen MR) is 104 cm³/mol. The molecule has 3 aromatic rings. The Morgan fingerprint density at radius 2 is 1.62 bits per heavy atom. The van der Waals surface area contributed by atoms with Crippen molar-refractivity contribution in [2.24, 2.45) is 0 Å². The third-order valence-electron chi connectivity index (χ3n) is 3.52. The van der Waals surface area contributed by atoms with E-state index in [0.717, 1.165) is 0 Å². The van der Waals surface area contributed by atoms with E-state index in [9.17, 15) is 22.8 Å². The van der Waals surface area contributed by atoms with Crippen LogP contribution >= 0.6 is 23.4 Å². The fraction of sp³-hybridized carbons (Fsp3) is 0.111. The predicted octanol–water partition coefficient (Wildman–Crippen LogP) is 4.74. The highest BCUT2D eigenvalue weighted by Crippen LogP contribution is 2.35. The lowest BCUT2D eigenvalue weighted by Gasteiger charge is -2.12. The SMILES string of the molecule is O=C(CSc1nc2ccccc2nc1C(F)(F)F)NC(=O)Nc1ccccc1Cl. The zero-order valence-corrected chi connectivity index (χ0v) is 16.0. The standard InChI is InChI=1S/C18H12ClF3N4O2S/c19-10-5-1-2-6-11(10)25-17(28)26-14(27)9-29-16-15(18(20,21)22)23-12-7-3-4-8-13(12)24-16/h1-8H,9H2,(H2,25,26,27,28). The summed E-state index contributed by atoms with van der Waals surface area (Å²) in [4.78, 5) is 31.4. The van der Waals surface area contributed by atoms with Crippen molar-refractivity contribution < 1.29 is 22.8 Å². The van der Waals surface area contributed by atoms with E-state index in [1.54, 1.807) is 30.3 Å². The molecule has 0 atom stereocenters. The average molecular weight is 441 g/mol. The van der Waals surface area contributed by atoms with Crippen LogP contribution in [0.2, 0.25) is 5.02 Å². The molecule has 0 aliphatic rings. The van der Waals surface area contributed by atoms with E-state index in [1.807, 2.05) is 5.32 Å². The van der Waals surface area contributed by atoms with Gasteiger partial charge < -0.3 is 5.32 Å². The van der Waals surface area contributed by atoms with Gasteiger partial charge in [0.2, 0.25) is 5.91 Å². The number of rotatable bonds is 4. The summed E-state index contributed by atoms with van der Waals surface area (Å²) in [5.74, 6) is -1.27. The molecule has 29 heavy (non-hydrogen) atoms. The molecule has 0 bridgehead atoms. The maximum absolute atomic E-state index is 13.3. The number of hydrogen-bond donors (Lipinski definition) is 2. The highest BCUT2D eigenvalue weighted by molar-refractivity contribution is 7.99. The molecule has 6 nitrogen and oxygen atoms in total. The van der Waals surface area contributed by atoms with E-state index in [-0.39, 0.29) is 21.7 Å². The fourth-order valence-electron chi connectivity index (χ4n) is 2.28. The van der Waals surface area contributed by atoms with Gasteiger partial charge in [-0.25, -0.2) is 14.8 Å². The molecule has 1 heterocycles. The molecule has 2 N–H and O–H groups in total. The molecule has 0 radical (unpaired) electrons. The number of fused-ring (bicyclic) bond motifs is 1. The smallest absolute Gasteiger partial charge is 0.306 e. The number of benzene rings is 2. The number of nitrogens with zero attached hydrogens (tertiary/aromatic N) is 2. The average Bonchev–Trinajstić information content (AvgIpc) is 2.66. The Kier molecular flexibility index (Phi) is 6.23. The van der Waals surface area contributed by atoms with Gasteiger partial charge in [-0.3, -0.25) is 10.1 Å². The second-order valence-electron chi connectivity index (χ2n) is 5.63. The Bertz CT molecular complexity index is 1080. The Hall–Kier alpha value is -2.85. The minimum atomic E-state index is -4.74. The molecule has 0 unspecified atom stereocenters. The van der Waals surface area contributed by atoms with Crippen LogP contribution in [0.3, 0.4) is 0 Å². The Morgan fingerprint density at radius 1 is 1.00 bits per heavy atom. The van der Waals surface area contributed by atoms with E-state index in [1.165, 1.54) is 18.2 Å². The van der Waals surface area contributed by atoms with Crippen LogP contribution in [-0.2, 0) is 11.0 Å². The first-order chi connectivity index (χ1) is 13.7. The monoisotopic (exact) mass is 440 g/mol. The van der Waals surface area contributed by atoms with Gasteiger partial charge in [-0.2, -0.15) is 13.2 Å². The third kappa shape index (κ3) is 5.36. The van der Waals surface area contributed by atoms with Crippen LogP contribution in [0.25, 0.3) is 11.0 Å². The first-order valence-corrected chi connectivity index (χ1v) is 9.42. The zero-order chi connectivity index (χ0) is 21.0. The van der Waals surface area contributed by atoms with Crippen LogP contribution in [0.1, 0.15) is 5.69 Å². The number of amides is 3. The number of alkyl halides is 3. The summed E-state index contributed by atoms with van der Waals surface area (Å²) in [7, 11) is 0. The largest absolute Gasteiger partial charge is 0.436 e. The number of nitrogens with one attached hydrogen (secondary N) is 2. The first-order valence-electron chi connectivity index (χ1n) is 8.06. The number of carbonyl (C=O) groups is 2. The van der Waals surface area contributed by atoms with Crippen LogP contribution in [0, 0.1) is 0 Å². The Morgan fingerprint density at radius 3 is 2.28 bits per heavy atom. The number of imide groups is 1. The third-order valence-corrected chi connectivity index (χ3v) is 4.82. The number of anilines is 1. The summed E-state index contributed by atoms with van der Waals surface area (Å²) in [6, 6.07) is 11.6. The van der Waals surface area contributed by atoms with Crippen molar-refractivity contribution in [2.75, 3.05) is 11.1 Å². The van der Waals surface area contributed by atoms with Crippen molar-refractivity contribution >= 4 is 52.0 Å². The van der Waals surface area contributed by atoms with E-state index in [0.29, 0.717) is 11.8 Å². The van der Waals surface area contributed by atoms with Crippen molar-refractivity contribution in [2.45, 2.75) is 11.2 Å². The Balaban J connectivity index is 1.69. The van der Waals surface area contributed by atoms with Crippen molar-refractivity contribution in [3.05, 3.63) is 59.2 Å². The lowest BCUT2D eigenvalue weighted by Crippen LogP contribution is -2.35. The maximum atomic E-state index is 13.3. The van der Waals surface area contributed by atoms with Crippen LogP contribution in [0.4, 0.5) is 23.7 Å². The van der Waals surface area contributed by atoms with Crippen molar-refractivity contribution in [1.29, 1.82) is 0 Å². The normalized spacial score (nSPS) is 11.3. The van der Waals surface area contributed by atoms with Gasteiger partial charge in [-0.15, -0.1) is 0 Å². The lowest BCUT2D eigenvalue weighted by molar-refractivity contribution is -0.143. The molecule has 3 rings (SSSR count). The van der Waals surface area contributed by atoms with Crippen LogP contribution in [0.15, 0.2) is 53.6 Å². The van der Waals surface area contributed by atoms with Crippen LogP contribution in [-0.4, -0.2) is 27.7 Å². The summed E-state index contributed by atoms with van der Waals surface area (Å²) in [5, 5.41) is 4.23. The summed E-state index contributed by atoms with van der Waals surface area (Å²) in [5.41, 5.74) is -0.547. The van der Waals surface area contributed by atoms with E-state index in [4.69, 9.17) is 11.6 Å². The summed E-state index contributed by atoms with van der Waals surface area (Å²) >= 11 is 6.44. The van der Waals surface area contributed by atoms with Gasteiger partial charge in [0.25, 0.3) is 0 Å². The molecule has 1 aromatic heterocycles. The van der Waals surface area contributed by atoms with Gasteiger partial charge in [0.15, 0.2) is 5.69 Å². The van der Waals surface area contributed by atoms with Gasteiger partial charge in [0, 0.05) is 0 Å². The van der Waals surface area contributed by atoms with Gasteiger partial charge in [0.05, 0.1) is 27.5 Å². The minimum Gasteiger partial charge on any atom is -0.306 e. The summed E-state index contributed by atoms with van der Waals surface area (Å²) in [6.45, 7) is 0. The zero-order valence-electron chi connectivity index (χ0n) is 14.5. The summed E-state index contributed by atoms with van der Waals surface area (Å²) in [6.07, 6.45) is -4.74. The molecule has 0 aliphatic carbocycles. The highest BCUT2D eigenvalue weighted by Gasteiger charge is 2.37. The van der Waals surface area contributed by atoms with Crippen molar-refractivity contribution in [1.82, 2.24) is 15.3 Å². The van der Waals surface area contributed by atoms with Gasteiger partial charge in [0.1, 0.15) is 5.03 Å². The quantitative estimate of drug-likeness (QED) is 0.572. The molecule has 11 heteroatoms. The topological polar surface area (TPSA) is 84.0 Å². The Labute approximate surface area is 171 Å². The summed E-state index contributed by atoms with van der Waals surface area (Å²) < 4.78 is 39.9. The van der Waals surface area contributed by atoms with E-state index >= 15 is 0 Å². The molecular weight excluding hydrogens is 429 g/mol. The molecule has 2 aromatic carbocycles. The van der Waals surface area contributed by atoms with E-state index in [2.05, 4.69) is 15.3 Å². The van der Waals surface area contributed by atoms with Gasteiger partial charge in [-0.05, 0) is 24.3 Å². The number of hydrogen-bond acceptors (Lipinski definition) is 5. The lowest BCUT2D eigenvalue weighted by atomic mass is 10.3. The number of halogens is 4. The second kappa shape index (κ2) is 8.66. The molecular formula is C18H12ClF3N4O2S. The maximum Gasteiger partial charge on any atom is 0.436 e.